The highest BCUT2D eigenvalue weighted by atomic mass is 19.4. The van der Waals surface area contributed by atoms with Gasteiger partial charge in [0.1, 0.15) is 12.1 Å². The number of ether oxygens (including phenoxy) is 1. The van der Waals surface area contributed by atoms with E-state index in [9.17, 15) is 27.9 Å². The molecule has 1 fully saturated rings. The lowest BCUT2D eigenvalue weighted by molar-refractivity contribution is -0.139. The summed E-state index contributed by atoms with van der Waals surface area (Å²) in [7, 11) is 0. The number of carboxylic acid groups (broad SMARTS) is 1. The SMILES string of the molecule is CC1[C@H](N(CC(=O)O)C(=O)OC(C)(C)C)C[C@H](C)CN1c1ccc(C(F)(F)F)c2ncccc12. The lowest BCUT2D eigenvalue weighted by Gasteiger charge is -2.47. The molecular formula is C24H30F3N3O4. The average molecular weight is 482 g/mol. The number of hydrogen-bond acceptors (Lipinski definition) is 5. The van der Waals surface area contributed by atoms with Crippen molar-refractivity contribution in [2.45, 2.75) is 64.9 Å². The van der Waals surface area contributed by atoms with E-state index >= 15 is 0 Å². The first-order valence-electron chi connectivity index (χ1n) is 11.1. The Balaban J connectivity index is 2.05. The fourth-order valence-electron chi connectivity index (χ4n) is 4.52. The van der Waals surface area contributed by atoms with Crippen LogP contribution in [0.4, 0.5) is 23.7 Å². The number of carbonyl (C=O) groups excluding carboxylic acids is 1. The molecule has 7 nitrogen and oxygen atoms in total. The van der Waals surface area contributed by atoms with Crippen LogP contribution in [0.15, 0.2) is 30.5 Å². The summed E-state index contributed by atoms with van der Waals surface area (Å²) in [5, 5.41) is 9.81. The van der Waals surface area contributed by atoms with Crippen molar-refractivity contribution in [1.29, 1.82) is 0 Å². The molecule has 1 N–H and O–H groups in total. The average Bonchev–Trinajstić information content (AvgIpc) is 2.70. The summed E-state index contributed by atoms with van der Waals surface area (Å²) in [6, 6.07) is 4.71. The Kier molecular flexibility index (Phi) is 7.00. The van der Waals surface area contributed by atoms with Crippen LogP contribution in [0.5, 0.6) is 0 Å². The molecule has 2 heterocycles. The molecule has 34 heavy (non-hydrogen) atoms. The van der Waals surface area contributed by atoms with Crippen molar-refractivity contribution in [3.8, 4) is 0 Å². The van der Waals surface area contributed by atoms with E-state index in [-0.39, 0.29) is 17.5 Å². The van der Waals surface area contributed by atoms with Crippen molar-refractivity contribution >= 4 is 28.7 Å². The third-order valence-corrected chi connectivity index (χ3v) is 5.90. The summed E-state index contributed by atoms with van der Waals surface area (Å²) in [5.41, 5.74) is -1.22. The molecule has 3 atom stereocenters. The van der Waals surface area contributed by atoms with Gasteiger partial charge in [-0.15, -0.1) is 0 Å². The summed E-state index contributed by atoms with van der Waals surface area (Å²) >= 11 is 0. The van der Waals surface area contributed by atoms with Crippen LogP contribution in [-0.2, 0) is 15.7 Å². The number of hydrogen-bond donors (Lipinski definition) is 1. The van der Waals surface area contributed by atoms with Crippen LogP contribution in [0.2, 0.25) is 0 Å². The standard InChI is InChI=1S/C24H30F3N3O4/c1-14-11-19(30(13-20(31)32)22(33)34-23(3,4)5)15(2)29(12-14)18-9-8-17(24(25,26)27)21-16(18)7-6-10-28-21/h6-10,14-15,19H,11-13H2,1-5H3,(H,31,32)/t14-,15?,19+/m0/s1. The monoisotopic (exact) mass is 481 g/mol. The highest BCUT2D eigenvalue weighted by molar-refractivity contribution is 5.94. The first kappa shape index (κ1) is 25.6. The number of carboxylic acids is 1. The smallest absolute Gasteiger partial charge is 0.418 e. The molecule has 186 valence electrons. The highest BCUT2D eigenvalue weighted by Gasteiger charge is 2.41. The van der Waals surface area contributed by atoms with Gasteiger partial charge in [0.25, 0.3) is 0 Å². The molecule has 0 radical (unpaired) electrons. The quantitative estimate of drug-likeness (QED) is 0.648. The fourth-order valence-corrected chi connectivity index (χ4v) is 4.52. The van der Waals surface area contributed by atoms with Gasteiger partial charge in [0.05, 0.1) is 17.1 Å². The maximum atomic E-state index is 13.6. The van der Waals surface area contributed by atoms with Crippen molar-refractivity contribution in [3.05, 3.63) is 36.0 Å². The van der Waals surface area contributed by atoms with E-state index in [0.29, 0.717) is 24.0 Å². The first-order chi connectivity index (χ1) is 15.7. The number of halogens is 3. The predicted octanol–water partition coefficient (Wildman–Crippen LogP) is 5.18. The number of rotatable bonds is 4. The van der Waals surface area contributed by atoms with Crippen LogP contribution in [0.1, 0.15) is 46.6 Å². The van der Waals surface area contributed by atoms with Gasteiger partial charge in [0.15, 0.2) is 0 Å². The second-order valence-corrected chi connectivity index (χ2v) is 9.83. The highest BCUT2D eigenvalue weighted by Crippen LogP contribution is 2.40. The largest absolute Gasteiger partial charge is 0.480 e. The number of anilines is 1. The first-order valence-corrected chi connectivity index (χ1v) is 11.1. The Morgan fingerprint density at radius 3 is 2.47 bits per heavy atom. The van der Waals surface area contributed by atoms with Gasteiger partial charge in [0, 0.05) is 29.9 Å². The molecule has 3 rings (SSSR count). The third-order valence-electron chi connectivity index (χ3n) is 5.90. The van der Waals surface area contributed by atoms with Crippen LogP contribution in [0.3, 0.4) is 0 Å². The molecule has 1 aromatic carbocycles. The van der Waals surface area contributed by atoms with Gasteiger partial charge in [-0.1, -0.05) is 6.92 Å². The lowest BCUT2D eigenvalue weighted by atomic mass is 9.88. The maximum absolute atomic E-state index is 13.6. The Hall–Kier alpha value is -3.04. The van der Waals surface area contributed by atoms with Crippen molar-refractivity contribution < 1.29 is 32.6 Å². The van der Waals surface area contributed by atoms with Crippen molar-refractivity contribution in [2.24, 2.45) is 5.92 Å². The molecule has 0 bridgehead atoms. The summed E-state index contributed by atoms with van der Waals surface area (Å²) in [6.07, 6.45) is -3.44. The summed E-state index contributed by atoms with van der Waals surface area (Å²) in [4.78, 5) is 31.7. The third kappa shape index (κ3) is 5.53. The van der Waals surface area contributed by atoms with Crippen molar-refractivity contribution in [3.63, 3.8) is 0 Å². The van der Waals surface area contributed by atoms with Crippen molar-refractivity contribution in [1.82, 2.24) is 9.88 Å². The van der Waals surface area contributed by atoms with E-state index in [2.05, 4.69) is 4.98 Å². The zero-order valence-electron chi connectivity index (χ0n) is 19.9. The zero-order chi connectivity index (χ0) is 25.4. The number of amides is 1. The lowest BCUT2D eigenvalue weighted by Crippen LogP contribution is -2.59. The number of alkyl halides is 3. The Morgan fingerprint density at radius 2 is 1.88 bits per heavy atom. The summed E-state index contributed by atoms with van der Waals surface area (Å²) in [6.45, 7) is 8.89. The second kappa shape index (κ2) is 9.31. The molecule has 1 amide bonds. The topological polar surface area (TPSA) is 83.0 Å². The minimum absolute atomic E-state index is 0.0361. The van der Waals surface area contributed by atoms with Crippen LogP contribution in [0, 0.1) is 5.92 Å². The van der Waals surface area contributed by atoms with Crippen LogP contribution in [-0.4, -0.2) is 57.8 Å². The molecule has 1 aliphatic heterocycles. The Bertz CT molecular complexity index is 1070. The van der Waals surface area contributed by atoms with Crippen molar-refractivity contribution in [2.75, 3.05) is 18.0 Å². The number of carbonyl (C=O) groups is 2. The molecule has 2 aromatic rings. The van der Waals surface area contributed by atoms with Crippen LogP contribution in [0.25, 0.3) is 10.9 Å². The van der Waals surface area contributed by atoms with E-state index < -0.39 is 42.0 Å². The van der Waals surface area contributed by atoms with Gasteiger partial charge < -0.3 is 14.7 Å². The van der Waals surface area contributed by atoms with Gasteiger partial charge >= 0.3 is 18.2 Å². The zero-order valence-corrected chi connectivity index (χ0v) is 19.9. The molecule has 1 aromatic heterocycles. The number of benzene rings is 1. The normalized spacial score (nSPS) is 21.4. The number of pyridine rings is 1. The molecule has 10 heteroatoms. The van der Waals surface area contributed by atoms with Gasteiger partial charge in [-0.2, -0.15) is 13.2 Å². The van der Waals surface area contributed by atoms with Gasteiger partial charge in [0.2, 0.25) is 0 Å². The molecule has 1 unspecified atom stereocenters. The van der Waals surface area contributed by atoms with Crippen LogP contribution < -0.4 is 4.90 Å². The van der Waals surface area contributed by atoms with E-state index in [0.717, 1.165) is 6.07 Å². The number of aromatic nitrogens is 1. The van der Waals surface area contributed by atoms with E-state index in [1.165, 1.54) is 17.2 Å². The van der Waals surface area contributed by atoms with E-state index in [4.69, 9.17) is 4.74 Å². The second-order valence-electron chi connectivity index (χ2n) is 9.83. The van der Waals surface area contributed by atoms with Gasteiger partial charge in [-0.25, -0.2) is 4.79 Å². The summed E-state index contributed by atoms with van der Waals surface area (Å²) < 4.78 is 46.2. The minimum Gasteiger partial charge on any atom is -0.480 e. The molecule has 0 spiro atoms. The van der Waals surface area contributed by atoms with Gasteiger partial charge in [-0.3, -0.25) is 14.7 Å². The fraction of sp³-hybridized carbons (Fsp3) is 0.542. The molecule has 1 aliphatic rings. The molecule has 1 saturated heterocycles. The van der Waals surface area contributed by atoms with Crippen LogP contribution >= 0.6 is 0 Å². The summed E-state index contributed by atoms with van der Waals surface area (Å²) in [5.74, 6) is -1.14. The number of fused-ring (bicyclic) bond motifs is 1. The van der Waals surface area contributed by atoms with E-state index in [1.54, 1.807) is 32.9 Å². The number of aliphatic carboxylic acids is 1. The van der Waals surface area contributed by atoms with E-state index in [1.807, 2.05) is 18.7 Å². The predicted molar refractivity (Wildman–Crippen MR) is 122 cm³/mol. The Labute approximate surface area is 196 Å². The molecule has 0 aliphatic carbocycles. The van der Waals surface area contributed by atoms with Gasteiger partial charge in [-0.05, 0) is 64.3 Å². The Morgan fingerprint density at radius 1 is 1.21 bits per heavy atom. The molecular weight excluding hydrogens is 451 g/mol. The minimum atomic E-state index is -4.55. The number of nitrogens with zero attached hydrogens (tertiary/aromatic N) is 3. The maximum Gasteiger partial charge on any atom is 0.418 e. The number of piperidine rings is 1. The molecule has 0 saturated carbocycles.